The Morgan fingerprint density at radius 2 is 2.14 bits per heavy atom. The van der Waals surface area contributed by atoms with E-state index < -0.39 is 12.7 Å². The number of amides is 1. The molecule has 0 spiro atoms. The summed E-state index contributed by atoms with van der Waals surface area (Å²) in [5.41, 5.74) is 5.97. The van der Waals surface area contributed by atoms with Gasteiger partial charge in [0.15, 0.2) is 0 Å². The third-order valence-electron chi connectivity index (χ3n) is 3.30. The van der Waals surface area contributed by atoms with Gasteiger partial charge >= 0.3 is 6.61 Å². The van der Waals surface area contributed by atoms with Crippen LogP contribution in [0, 0.1) is 0 Å². The second-order valence-electron chi connectivity index (χ2n) is 4.76. The van der Waals surface area contributed by atoms with Crippen molar-refractivity contribution >= 4 is 18.3 Å². The number of carbonyl (C=O) groups excluding carboxylic acids is 1. The van der Waals surface area contributed by atoms with Crippen molar-refractivity contribution < 1.29 is 23.0 Å². The summed E-state index contributed by atoms with van der Waals surface area (Å²) in [6.07, 6.45) is 0.750. The topological polar surface area (TPSA) is 73.6 Å². The largest absolute Gasteiger partial charge is 0.434 e. The number of nitrogens with two attached hydrogens (primary N) is 1. The van der Waals surface area contributed by atoms with E-state index in [0.29, 0.717) is 18.5 Å². The molecular formula is C14H19ClF2N2O3. The van der Waals surface area contributed by atoms with Crippen molar-refractivity contribution in [2.75, 3.05) is 6.54 Å². The monoisotopic (exact) mass is 336 g/mol. The van der Waals surface area contributed by atoms with E-state index in [2.05, 4.69) is 10.1 Å². The Kier molecular flexibility index (Phi) is 7.50. The lowest BCUT2D eigenvalue weighted by atomic mass is 10.1. The van der Waals surface area contributed by atoms with Crippen LogP contribution >= 0.6 is 12.4 Å². The van der Waals surface area contributed by atoms with Crippen LogP contribution < -0.4 is 15.8 Å². The molecule has 1 saturated heterocycles. The first-order chi connectivity index (χ1) is 10.1. The van der Waals surface area contributed by atoms with Crippen LogP contribution in [-0.4, -0.2) is 31.3 Å². The Morgan fingerprint density at radius 1 is 1.41 bits per heavy atom. The van der Waals surface area contributed by atoms with Crippen LogP contribution in [0.15, 0.2) is 24.3 Å². The van der Waals surface area contributed by atoms with Gasteiger partial charge in [-0.2, -0.15) is 8.78 Å². The maximum atomic E-state index is 12.3. The van der Waals surface area contributed by atoms with Gasteiger partial charge in [0, 0.05) is 18.7 Å². The fourth-order valence-corrected chi connectivity index (χ4v) is 2.23. The lowest BCUT2D eigenvalue weighted by Crippen LogP contribution is -2.35. The average Bonchev–Trinajstić information content (AvgIpc) is 2.94. The highest BCUT2D eigenvalue weighted by atomic mass is 35.5. The molecule has 0 bridgehead atoms. The zero-order valence-corrected chi connectivity index (χ0v) is 12.7. The highest BCUT2D eigenvalue weighted by Gasteiger charge is 2.29. The van der Waals surface area contributed by atoms with E-state index in [1.54, 1.807) is 18.2 Å². The first-order valence-corrected chi connectivity index (χ1v) is 6.76. The molecule has 0 aliphatic carbocycles. The van der Waals surface area contributed by atoms with E-state index in [0.717, 1.165) is 6.42 Å². The summed E-state index contributed by atoms with van der Waals surface area (Å²) in [5, 5.41) is 2.67. The molecule has 0 saturated carbocycles. The van der Waals surface area contributed by atoms with Gasteiger partial charge in [-0.3, -0.25) is 4.79 Å². The second-order valence-corrected chi connectivity index (χ2v) is 4.76. The fourth-order valence-electron chi connectivity index (χ4n) is 2.23. The van der Waals surface area contributed by atoms with Gasteiger partial charge in [0.05, 0.1) is 6.10 Å². The number of benzene rings is 1. The molecule has 1 aromatic carbocycles. The molecule has 1 amide bonds. The van der Waals surface area contributed by atoms with Crippen molar-refractivity contribution in [3.63, 3.8) is 0 Å². The Bertz CT molecular complexity index is 491. The maximum absolute atomic E-state index is 12.3. The van der Waals surface area contributed by atoms with E-state index in [-0.39, 0.29) is 36.7 Å². The van der Waals surface area contributed by atoms with Gasteiger partial charge in [0.25, 0.3) is 0 Å². The average molecular weight is 337 g/mol. The number of alkyl halides is 2. The highest BCUT2D eigenvalue weighted by Crippen LogP contribution is 2.21. The van der Waals surface area contributed by atoms with E-state index in [4.69, 9.17) is 10.5 Å². The normalized spacial score (nSPS) is 20.5. The first-order valence-electron chi connectivity index (χ1n) is 6.76. The molecule has 0 radical (unpaired) electrons. The number of carbonyl (C=O) groups is 1. The van der Waals surface area contributed by atoms with Gasteiger partial charge in [0.1, 0.15) is 11.9 Å². The minimum absolute atomic E-state index is 0. The molecule has 1 aliphatic rings. The number of nitrogens with one attached hydrogen (secondary N) is 1. The highest BCUT2D eigenvalue weighted by molar-refractivity contribution is 5.85. The van der Waals surface area contributed by atoms with Gasteiger partial charge < -0.3 is 20.5 Å². The fraction of sp³-hybridized carbons (Fsp3) is 0.500. The van der Waals surface area contributed by atoms with Crippen LogP contribution in [0.4, 0.5) is 8.78 Å². The van der Waals surface area contributed by atoms with E-state index in [1.165, 1.54) is 6.07 Å². The lowest BCUT2D eigenvalue weighted by Gasteiger charge is -2.14. The number of ether oxygens (including phenoxy) is 2. The summed E-state index contributed by atoms with van der Waals surface area (Å²) in [5.74, 6) is -0.210. The Morgan fingerprint density at radius 3 is 2.77 bits per heavy atom. The zero-order valence-electron chi connectivity index (χ0n) is 11.8. The van der Waals surface area contributed by atoms with Crippen LogP contribution in [0.5, 0.6) is 5.75 Å². The predicted molar refractivity (Wildman–Crippen MR) is 79.1 cm³/mol. The van der Waals surface area contributed by atoms with Crippen molar-refractivity contribution in [1.29, 1.82) is 0 Å². The van der Waals surface area contributed by atoms with E-state index in [9.17, 15) is 13.6 Å². The second kappa shape index (κ2) is 8.87. The zero-order chi connectivity index (χ0) is 15.2. The SMILES string of the molecule is Cl.NC[C@H]1CC[C@@H](C(=O)NCc2ccccc2OC(F)F)O1. The maximum Gasteiger partial charge on any atom is 0.387 e. The quantitative estimate of drug-likeness (QED) is 0.831. The van der Waals surface area contributed by atoms with E-state index in [1.807, 2.05) is 0 Å². The van der Waals surface area contributed by atoms with Crippen molar-refractivity contribution in [3.05, 3.63) is 29.8 Å². The third-order valence-corrected chi connectivity index (χ3v) is 3.30. The van der Waals surface area contributed by atoms with Crippen LogP contribution in [0.2, 0.25) is 0 Å². The Balaban J connectivity index is 0.00000242. The van der Waals surface area contributed by atoms with Gasteiger partial charge in [-0.05, 0) is 18.9 Å². The summed E-state index contributed by atoms with van der Waals surface area (Å²) in [6, 6.07) is 6.34. The summed E-state index contributed by atoms with van der Waals surface area (Å²) in [7, 11) is 0. The molecule has 2 atom stereocenters. The van der Waals surface area contributed by atoms with Crippen LogP contribution in [0.3, 0.4) is 0 Å². The van der Waals surface area contributed by atoms with Gasteiger partial charge in [0.2, 0.25) is 5.91 Å². The molecular weight excluding hydrogens is 318 g/mol. The molecule has 8 heteroatoms. The number of para-hydroxylation sites is 1. The molecule has 22 heavy (non-hydrogen) atoms. The summed E-state index contributed by atoms with van der Waals surface area (Å²) in [4.78, 5) is 11.9. The Labute approximate surface area is 133 Å². The standard InChI is InChI=1S/C14H18F2N2O3.ClH/c15-14(16)21-11-4-2-1-3-9(11)8-18-13(19)12-6-5-10(7-17)20-12;/h1-4,10,12,14H,5-8,17H2,(H,18,19);1H/t10-,12+;/m1./s1. The molecule has 1 fully saturated rings. The number of halogens is 3. The number of rotatable bonds is 6. The predicted octanol–water partition coefficient (Wildman–Crippen LogP) is 1.83. The van der Waals surface area contributed by atoms with Gasteiger partial charge in [-0.25, -0.2) is 0 Å². The minimum atomic E-state index is -2.90. The first kappa shape index (κ1) is 18.6. The third kappa shape index (κ3) is 5.08. The summed E-state index contributed by atoms with van der Waals surface area (Å²) < 4.78 is 34.4. The molecule has 1 heterocycles. The Hall–Kier alpha value is -1.44. The summed E-state index contributed by atoms with van der Waals surface area (Å²) >= 11 is 0. The molecule has 124 valence electrons. The number of hydrogen-bond acceptors (Lipinski definition) is 4. The summed E-state index contributed by atoms with van der Waals surface area (Å²) in [6.45, 7) is -2.41. The van der Waals surface area contributed by atoms with Crippen molar-refractivity contribution in [1.82, 2.24) is 5.32 Å². The smallest absolute Gasteiger partial charge is 0.387 e. The van der Waals surface area contributed by atoms with Crippen molar-refractivity contribution in [2.45, 2.75) is 38.2 Å². The lowest BCUT2D eigenvalue weighted by molar-refractivity contribution is -0.132. The molecule has 3 N–H and O–H groups in total. The van der Waals surface area contributed by atoms with Gasteiger partial charge in [-0.15, -0.1) is 12.4 Å². The van der Waals surface area contributed by atoms with Gasteiger partial charge in [-0.1, -0.05) is 18.2 Å². The van der Waals surface area contributed by atoms with Crippen molar-refractivity contribution in [2.24, 2.45) is 5.73 Å². The molecule has 1 aromatic rings. The molecule has 0 aromatic heterocycles. The molecule has 2 rings (SSSR count). The van der Waals surface area contributed by atoms with Crippen LogP contribution in [0.1, 0.15) is 18.4 Å². The van der Waals surface area contributed by atoms with Crippen LogP contribution in [-0.2, 0) is 16.1 Å². The molecule has 1 aliphatic heterocycles. The number of hydrogen-bond donors (Lipinski definition) is 2. The van der Waals surface area contributed by atoms with E-state index >= 15 is 0 Å². The van der Waals surface area contributed by atoms with Crippen LogP contribution in [0.25, 0.3) is 0 Å². The minimum Gasteiger partial charge on any atom is -0.434 e. The molecule has 0 unspecified atom stereocenters. The molecule has 5 nitrogen and oxygen atoms in total. The van der Waals surface area contributed by atoms with Crippen molar-refractivity contribution in [3.8, 4) is 5.75 Å².